The second-order valence-electron chi connectivity index (χ2n) is 5.35. The van der Waals surface area contributed by atoms with Crippen LogP contribution in [0.3, 0.4) is 0 Å². The zero-order valence-electron chi connectivity index (χ0n) is 12.2. The number of aryl methyl sites for hydroxylation is 1. The minimum absolute atomic E-state index is 0.152. The maximum absolute atomic E-state index is 14.0. The quantitative estimate of drug-likeness (QED) is 0.877. The van der Waals surface area contributed by atoms with Gasteiger partial charge in [0.15, 0.2) is 11.6 Å². The monoisotopic (exact) mass is 302 g/mol. The number of halogens is 3. The van der Waals surface area contributed by atoms with Gasteiger partial charge in [0.1, 0.15) is 6.33 Å². The van der Waals surface area contributed by atoms with Crippen LogP contribution in [0.25, 0.3) is 0 Å². The van der Waals surface area contributed by atoms with Crippen molar-refractivity contribution in [3.8, 4) is 0 Å². The third kappa shape index (κ3) is 4.56. The van der Waals surface area contributed by atoms with Crippen LogP contribution in [0.1, 0.15) is 25.5 Å². The maximum atomic E-state index is 14.0. The van der Waals surface area contributed by atoms with Gasteiger partial charge in [0, 0.05) is 6.54 Å². The Morgan fingerprint density at radius 3 is 2.67 bits per heavy atom. The Hall–Kier alpha value is -1.37. The number of rotatable bonds is 6. The Morgan fingerprint density at radius 1 is 1.33 bits per heavy atom. The van der Waals surface area contributed by atoms with E-state index in [0.717, 1.165) is 12.8 Å². The van der Waals surface area contributed by atoms with E-state index in [2.05, 4.69) is 15.3 Å². The first-order valence-electron chi connectivity index (χ1n) is 7.33. The molecule has 1 fully saturated rings. The number of aromatic nitrogens is 2. The molecule has 1 aromatic heterocycles. The standard InChI is InChI=1S/C14H21F3N4/c1-2-11-13(17)14(20-9-19-11)18-7-10-3-5-21(6-4-10)8-12(15)16/h9-10,12H,2-8H2,1H3,(H,18,19,20). The molecular weight excluding hydrogens is 281 g/mol. The average molecular weight is 302 g/mol. The number of likely N-dealkylation sites (tertiary alicyclic amines) is 1. The number of piperidine rings is 1. The van der Waals surface area contributed by atoms with E-state index in [1.54, 1.807) is 4.90 Å². The lowest BCUT2D eigenvalue weighted by atomic mass is 9.97. The Kier molecular flexibility index (Phi) is 5.78. The molecule has 1 aromatic rings. The van der Waals surface area contributed by atoms with E-state index < -0.39 is 12.2 Å². The van der Waals surface area contributed by atoms with Crippen molar-refractivity contribution in [2.75, 3.05) is 31.5 Å². The number of nitrogens with one attached hydrogen (secondary N) is 1. The van der Waals surface area contributed by atoms with Crippen molar-refractivity contribution in [2.24, 2.45) is 5.92 Å². The third-order valence-corrected chi connectivity index (χ3v) is 3.86. The van der Waals surface area contributed by atoms with Crippen molar-refractivity contribution in [2.45, 2.75) is 32.6 Å². The molecule has 21 heavy (non-hydrogen) atoms. The molecule has 0 amide bonds. The van der Waals surface area contributed by atoms with Crippen LogP contribution < -0.4 is 5.32 Å². The van der Waals surface area contributed by atoms with Gasteiger partial charge in [0.05, 0.1) is 12.2 Å². The lowest BCUT2D eigenvalue weighted by molar-refractivity contribution is 0.0703. The summed E-state index contributed by atoms with van der Waals surface area (Å²) in [7, 11) is 0. The molecule has 0 aromatic carbocycles. The molecule has 0 unspecified atom stereocenters. The molecule has 0 saturated carbocycles. The highest BCUT2D eigenvalue weighted by atomic mass is 19.3. The van der Waals surface area contributed by atoms with Gasteiger partial charge >= 0.3 is 0 Å². The minimum atomic E-state index is -2.28. The molecule has 1 aliphatic heterocycles. The summed E-state index contributed by atoms with van der Waals surface area (Å²) < 4.78 is 38.5. The lowest BCUT2D eigenvalue weighted by Crippen LogP contribution is -2.38. The summed E-state index contributed by atoms with van der Waals surface area (Å²) >= 11 is 0. The highest BCUT2D eigenvalue weighted by molar-refractivity contribution is 5.37. The molecule has 7 heteroatoms. The van der Waals surface area contributed by atoms with Gasteiger partial charge in [-0.05, 0) is 38.3 Å². The molecule has 1 N–H and O–H groups in total. The summed E-state index contributed by atoms with van der Waals surface area (Å²) in [6.45, 7) is 3.64. The molecule has 0 bridgehead atoms. The van der Waals surface area contributed by atoms with Gasteiger partial charge in [-0.3, -0.25) is 4.90 Å². The van der Waals surface area contributed by atoms with Crippen molar-refractivity contribution in [1.29, 1.82) is 0 Å². The zero-order valence-corrected chi connectivity index (χ0v) is 12.2. The smallest absolute Gasteiger partial charge is 0.251 e. The van der Waals surface area contributed by atoms with Crippen LogP contribution in [-0.2, 0) is 6.42 Å². The average Bonchev–Trinajstić information content (AvgIpc) is 2.47. The van der Waals surface area contributed by atoms with Gasteiger partial charge in [0.2, 0.25) is 0 Å². The first kappa shape index (κ1) is 16.0. The van der Waals surface area contributed by atoms with Crippen molar-refractivity contribution < 1.29 is 13.2 Å². The topological polar surface area (TPSA) is 41.1 Å². The molecule has 2 heterocycles. The Bertz CT molecular complexity index is 448. The number of hydrogen-bond donors (Lipinski definition) is 1. The highest BCUT2D eigenvalue weighted by Crippen LogP contribution is 2.20. The predicted molar refractivity (Wildman–Crippen MR) is 75.0 cm³/mol. The van der Waals surface area contributed by atoms with Crippen LogP contribution in [-0.4, -0.2) is 47.5 Å². The van der Waals surface area contributed by atoms with Gasteiger partial charge in [-0.2, -0.15) is 0 Å². The second kappa shape index (κ2) is 7.59. The number of alkyl halides is 2. The molecule has 1 aliphatic rings. The summed E-state index contributed by atoms with van der Waals surface area (Å²) in [6.07, 6.45) is 1.28. The van der Waals surface area contributed by atoms with Crippen molar-refractivity contribution in [3.05, 3.63) is 17.8 Å². The largest absolute Gasteiger partial charge is 0.367 e. The van der Waals surface area contributed by atoms with E-state index >= 15 is 0 Å². The Labute approximate surface area is 122 Å². The van der Waals surface area contributed by atoms with Crippen LogP contribution in [0.5, 0.6) is 0 Å². The van der Waals surface area contributed by atoms with Gasteiger partial charge < -0.3 is 5.32 Å². The van der Waals surface area contributed by atoms with E-state index in [0.29, 0.717) is 37.7 Å². The summed E-state index contributed by atoms with van der Waals surface area (Å²) in [5.74, 6) is 0.199. The maximum Gasteiger partial charge on any atom is 0.251 e. The lowest BCUT2D eigenvalue weighted by Gasteiger charge is -2.31. The first-order chi connectivity index (χ1) is 10.1. The van der Waals surface area contributed by atoms with Gasteiger partial charge in [-0.1, -0.05) is 6.92 Å². The number of anilines is 1. The first-order valence-corrected chi connectivity index (χ1v) is 7.33. The van der Waals surface area contributed by atoms with Crippen LogP contribution in [0.15, 0.2) is 6.33 Å². The number of nitrogens with zero attached hydrogens (tertiary/aromatic N) is 3. The molecule has 0 atom stereocenters. The van der Waals surface area contributed by atoms with Gasteiger partial charge in [-0.15, -0.1) is 0 Å². The SMILES string of the molecule is CCc1ncnc(NCC2CCN(CC(F)F)CC2)c1F. The van der Waals surface area contributed by atoms with Crippen LogP contribution in [0.2, 0.25) is 0 Å². The van der Waals surface area contributed by atoms with Crippen LogP contribution in [0, 0.1) is 11.7 Å². The second-order valence-corrected chi connectivity index (χ2v) is 5.35. The summed E-state index contributed by atoms with van der Waals surface area (Å²) in [4.78, 5) is 9.58. The molecule has 0 aliphatic carbocycles. The Balaban J connectivity index is 1.80. The van der Waals surface area contributed by atoms with E-state index in [-0.39, 0.29) is 12.4 Å². The van der Waals surface area contributed by atoms with E-state index in [9.17, 15) is 13.2 Å². The van der Waals surface area contributed by atoms with Crippen molar-refractivity contribution in [1.82, 2.24) is 14.9 Å². The predicted octanol–water partition coefficient (Wildman–Crippen LogP) is 2.57. The van der Waals surface area contributed by atoms with E-state index in [1.165, 1.54) is 6.33 Å². The minimum Gasteiger partial charge on any atom is -0.367 e. The molecule has 4 nitrogen and oxygen atoms in total. The normalized spacial score (nSPS) is 17.4. The zero-order chi connectivity index (χ0) is 15.2. The molecule has 1 saturated heterocycles. The highest BCUT2D eigenvalue weighted by Gasteiger charge is 2.21. The molecule has 0 radical (unpaired) electrons. The third-order valence-electron chi connectivity index (χ3n) is 3.86. The van der Waals surface area contributed by atoms with E-state index in [1.807, 2.05) is 6.92 Å². The fraction of sp³-hybridized carbons (Fsp3) is 0.714. The van der Waals surface area contributed by atoms with Crippen molar-refractivity contribution >= 4 is 5.82 Å². The summed E-state index contributed by atoms with van der Waals surface area (Å²) in [5.41, 5.74) is 0.402. The fourth-order valence-electron chi connectivity index (χ4n) is 2.59. The fourth-order valence-corrected chi connectivity index (χ4v) is 2.59. The van der Waals surface area contributed by atoms with Gasteiger partial charge in [-0.25, -0.2) is 23.1 Å². The summed E-state index contributed by atoms with van der Waals surface area (Å²) in [5, 5.41) is 3.02. The van der Waals surface area contributed by atoms with Crippen LogP contribution >= 0.6 is 0 Å². The molecule has 0 spiro atoms. The van der Waals surface area contributed by atoms with Gasteiger partial charge in [0.25, 0.3) is 6.43 Å². The molecular formula is C14H21F3N4. The van der Waals surface area contributed by atoms with Crippen molar-refractivity contribution in [3.63, 3.8) is 0 Å². The summed E-state index contributed by atoms with van der Waals surface area (Å²) in [6, 6.07) is 0. The van der Waals surface area contributed by atoms with E-state index in [4.69, 9.17) is 0 Å². The molecule has 2 rings (SSSR count). The Morgan fingerprint density at radius 2 is 2.05 bits per heavy atom. The number of hydrogen-bond acceptors (Lipinski definition) is 4. The molecule has 118 valence electrons. The van der Waals surface area contributed by atoms with Crippen LogP contribution in [0.4, 0.5) is 19.0 Å².